The van der Waals surface area contributed by atoms with E-state index in [0.717, 1.165) is 27.7 Å². The standard InChI is InChI=1S/C39H26N2O2/c1-39(2)31-12-6-3-10-25(31)26-16-17-27-30-22-40-20-19-33(30)41(37(27)36(26)39)32-13-7-4-9-24(32)23-15-18-35-29(21-23)38(42)28-11-5-8-14-34(28)43-35/h3-22H,1-2H3. The van der Waals surface area contributed by atoms with E-state index < -0.39 is 0 Å². The third kappa shape index (κ3) is 3.21. The maximum Gasteiger partial charge on any atom is 0.200 e. The van der Waals surface area contributed by atoms with Crippen LogP contribution >= 0.6 is 0 Å². The van der Waals surface area contributed by atoms with Gasteiger partial charge in [-0.25, -0.2) is 0 Å². The van der Waals surface area contributed by atoms with Crippen LogP contribution in [0, 0.1) is 0 Å². The summed E-state index contributed by atoms with van der Waals surface area (Å²) in [6.45, 7) is 4.66. The number of pyridine rings is 1. The highest BCUT2D eigenvalue weighted by Gasteiger charge is 2.38. The highest BCUT2D eigenvalue weighted by Crippen LogP contribution is 2.53. The lowest BCUT2D eigenvalue weighted by Crippen LogP contribution is -2.16. The Hall–Kier alpha value is -5.48. The molecule has 0 saturated heterocycles. The Kier molecular flexibility index (Phi) is 4.79. The van der Waals surface area contributed by atoms with Crippen LogP contribution in [0.15, 0.2) is 131 Å². The Balaban J connectivity index is 1.38. The van der Waals surface area contributed by atoms with Crippen molar-refractivity contribution in [2.24, 2.45) is 0 Å². The SMILES string of the molecule is CC1(C)c2ccccc2-c2ccc3c4cnccc4n(-c4ccccc4-c4ccc5oc6ccccc6c(=O)c5c4)c3c21. The molecule has 0 fully saturated rings. The van der Waals surface area contributed by atoms with Gasteiger partial charge in [0.05, 0.1) is 27.5 Å². The number of hydrogen-bond acceptors (Lipinski definition) is 3. The maximum absolute atomic E-state index is 13.6. The lowest BCUT2D eigenvalue weighted by Gasteiger charge is -2.24. The van der Waals surface area contributed by atoms with Crippen LogP contribution in [0.1, 0.15) is 25.0 Å². The second-order valence-electron chi connectivity index (χ2n) is 11.9. The number of para-hydroxylation sites is 2. The van der Waals surface area contributed by atoms with Crippen LogP contribution in [-0.4, -0.2) is 9.55 Å². The Morgan fingerprint density at radius 3 is 2.35 bits per heavy atom. The van der Waals surface area contributed by atoms with E-state index in [9.17, 15) is 4.79 Å². The molecule has 43 heavy (non-hydrogen) atoms. The first kappa shape index (κ1) is 24.2. The van der Waals surface area contributed by atoms with Crippen molar-refractivity contribution in [2.45, 2.75) is 19.3 Å². The Morgan fingerprint density at radius 2 is 1.44 bits per heavy atom. The fourth-order valence-electron chi connectivity index (χ4n) is 7.34. The third-order valence-electron chi connectivity index (χ3n) is 9.28. The van der Waals surface area contributed by atoms with Gasteiger partial charge in [0.1, 0.15) is 11.2 Å². The van der Waals surface area contributed by atoms with E-state index in [1.165, 1.54) is 33.2 Å². The van der Waals surface area contributed by atoms with E-state index in [4.69, 9.17) is 4.42 Å². The molecular formula is C39H26N2O2. The van der Waals surface area contributed by atoms with Crippen molar-refractivity contribution < 1.29 is 4.42 Å². The molecule has 3 aromatic heterocycles. The smallest absolute Gasteiger partial charge is 0.200 e. The van der Waals surface area contributed by atoms with Crippen LogP contribution in [0.2, 0.25) is 0 Å². The molecule has 4 nitrogen and oxygen atoms in total. The zero-order chi connectivity index (χ0) is 28.9. The summed E-state index contributed by atoms with van der Waals surface area (Å²) in [6.07, 6.45) is 3.84. The minimum atomic E-state index is -0.192. The lowest BCUT2D eigenvalue weighted by atomic mass is 9.81. The molecule has 1 aliphatic carbocycles. The van der Waals surface area contributed by atoms with Gasteiger partial charge in [-0.2, -0.15) is 0 Å². The molecule has 4 heteroatoms. The van der Waals surface area contributed by atoms with Crippen LogP contribution in [0.4, 0.5) is 0 Å². The van der Waals surface area contributed by atoms with Crippen molar-refractivity contribution in [3.8, 4) is 27.9 Å². The highest BCUT2D eigenvalue weighted by molar-refractivity contribution is 6.13. The van der Waals surface area contributed by atoms with Crippen LogP contribution < -0.4 is 5.43 Å². The number of benzene rings is 5. The maximum atomic E-state index is 13.6. The van der Waals surface area contributed by atoms with Gasteiger partial charge in [-0.15, -0.1) is 0 Å². The van der Waals surface area contributed by atoms with Crippen molar-refractivity contribution in [3.63, 3.8) is 0 Å². The Labute approximate surface area is 247 Å². The molecule has 0 unspecified atom stereocenters. The summed E-state index contributed by atoms with van der Waals surface area (Å²) in [5.41, 5.74) is 11.6. The van der Waals surface area contributed by atoms with Crippen LogP contribution in [-0.2, 0) is 5.41 Å². The second-order valence-corrected chi connectivity index (χ2v) is 11.9. The molecule has 0 amide bonds. The van der Waals surface area contributed by atoms with E-state index >= 15 is 0 Å². The van der Waals surface area contributed by atoms with Gasteiger partial charge in [-0.1, -0.05) is 86.6 Å². The first-order chi connectivity index (χ1) is 21.0. The molecule has 0 saturated carbocycles. The van der Waals surface area contributed by atoms with Crippen LogP contribution in [0.5, 0.6) is 0 Å². The topological polar surface area (TPSA) is 48.0 Å². The van der Waals surface area contributed by atoms with E-state index in [-0.39, 0.29) is 10.8 Å². The van der Waals surface area contributed by atoms with Gasteiger partial charge in [0.25, 0.3) is 0 Å². The molecule has 8 aromatic rings. The summed E-state index contributed by atoms with van der Waals surface area (Å²) in [4.78, 5) is 18.1. The van der Waals surface area contributed by atoms with Gasteiger partial charge >= 0.3 is 0 Å². The molecule has 3 heterocycles. The van der Waals surface area contributed by atoms with Crippen molar-refractivity contribution in [1.29, 1.82) is 0 Å². The predicted octanol–water partition coefficient (Wildman–Crippen LogP) is 9.41. The summed E-state index contributed by atoms with van der Waals surface area (Å²) < 4.78 is 8.53. The molecule has 0 bridgehead atoms. The lowest BCUT2D eigenvalue weighted by molar-refractivity contribution is 0.660. The fraction of sp³-hybridized carbons (Fsp3) is 0.0769. The first-order valence-electron chi connectivity index (χ1n) is 14.6. The molecule has 9 rings (SSSR count). The monoisotopic (exact) mass is 554 g/mol. The van der Waals surface area contributed by atoms with Gasteiger partial charge in [0, 0.05) is 34.1 Å². The average Bonchev–Trinajstić information content (AvgIpc) is 3.50. The summed E-state index contributed by atoms with van der Waals surface area (Å²) in [5.74, 6) is 0. The highest BCUT2D eigenvalue weighted by atomic mass is 16.3. The molecule has 0 atom stereocenters. The molecule has 5 aromatic carbocycles. The van der Waals surface area contributed by atoms with E-state index in [1.807, 2.05) is 48.8 Å². The molecule has 0 spiro atoms. The van der Waals surface area contributed by atoms with Gasteiger partial charge in [0.2, 0.25) is 5.43 Å². The van der Waals surface area contributed by atoms with Crippen molar-refractivity contribution in [1.82, 2.24) is 9.55 Å². The summed E-state index contributed by atoms with van der Waals surface area (Å²) in [5, 5.41) is 3.47. The first-order valence-corrected chi connectivity index (χ1v) is 14.6. The van der Waals surface area contributed by atoms with Gasteiger partial charge in [0.15, 0.2) is 0 Å². The van der Waals surface area contributed by atoms with Gasteiger partial charge in [-0.05, 0) is 64.2 Å². The fourth-order valence-corrected chi connectivity index (χ4v) is 7.34. The van der Waals surface area contributed by atoms with E-state index in [2.05, 4.69) is 96.2 Å². The Morgan fingerprint density at radius 1 is 0.674 bits per heavy atom. The molecule has 204 valence electrons. The number of hydrogen-bond donors (Lipinski definition) is 0. The Bertz CT molecular complexity index is 2510. The molecule has 0 radical (unpaired) electrons. The zero-order valence-electron chi connectivity index (χ0n) is 23.8. The van der Waals surface area contributed by atoms with Crippen LogP contribution in [0.25, 0.3) is 71.7 Å². The number of fused-ring (bicyclic) bond motifs is 9. The minimum absolute atomic E-state index is 0.0172. The van der Waals surface area contributed by atoms with E-state index in [0.29, 0.717) is 21.9 Å². The number of nitrogens with zero attached hydrogens (tertiary/aromatic N) is 2. The molecular weight excluding hydrogens is 528 g/mol. The molecule has 0 N–H and O–H groups in total. The van der Waals surface area contributed by atoms with Gasteiger partial charge < -0.3 is 8.98 Å². The van der Waals surface area contributed by atoms with Crippen LogP contribution in [0.3, 0.4) is 0 Å². The summed E-state index contributed by atoms with van der Waals surface area (Å²) in [7, 11) is 0. The molecule has 0 aliphatic heterocycles. The number of aromatic nitrogens is 2. The summed E-state index contributed by atoms with van der Waals surface area (Å²) in [6, 6.07) is 37.2. The molecule has 1 aliphatic rings. The zero-order valence-corrected chi connectivity index (χ0v) is 23.8. The second kappa shape index (κ2) is 8.52. The van der Waals surface area contributed by atoms with Gasteiger partial charge in [-0.3, -0.25) is 9.78 Å². The predicted molar refractivity (Wildman–Crippen MR) is 175 cm³/mol. The average molecular weight is 555 g/mol. The minimum Gasteiger partial charge on any atom is -0.456 e. The van der Waals surface area contributed by atoms with Crippen molar-refractivity contribution in [3.05, 3.63) is 143 Å². The van der Waals surface area contributed by atoms with Crippen molar-refractivity contribution in [2.75, 3.05) is 0 Å². The third-order valence-corrected chi connectivity index (χ3v) is 9.28. The van der Waals surface area contributed by atoms with Crippen molar-refractivity contribution >= 4 is 43.7 Å². The summed E-state index contributed by atoms with van der Waals surface area (Å²) >= 11 is 0. The number of rotatable bonds is 2. The quantitative estimate of drug-likeness (QED) is 0.200. The van der Waals surface area contributed by atoms with E-state index in [1.54, 1.807) is 0 Å². The normalized spacial score (nSPS) is 13.6. The largest absolute Gasteiger partial charge is 0.456 e.